The van der Waals surface area contributed by atoms with Crippen LogP contribution < -0.4 is 5.32 Å². The zero-order chi connectivity index (χ0) is 14.7. The number of carbonyl (C=O) groups is 1. The summed E-state index contributed by atoms with van der Waals surface area (Å²) in [6.07, 6.45) is 0.739. The Balaban J connectivity index is 2.26. The molecular formula is C15H14ClIN2O. The van der Waals surface area contributed by atoms with Crippen LogP contribution in [-0.2, 0) is 6.42 Å². The van der Waals surface area contributed by atoms with Gasteiger partial charge in [-0.3, -0.25) is 4.79 Å². The summed E-state index contributed by atoms with van der Waals surface area (Å²) in [7, 11) is 0. The molecule has 1 amide bonds. The van der Waals surface area contributed by atoms with Crippen LogP contribution in [0, 0.1) is 10.5 Å². The Morgan fingerprint density at radius 1 is 1.35 bits per heavy atom. The Morgan fingerprint density at radius 3 is 2.75 bits per heavy atom. The van der Waals surface area contributed by atoms with Gasteiger partial charge in [-0.15, -0.1) is 0 Å². The second kappa shape index (κ2) is 6.54. The van der Waals surface area contributed by atoms with E-state index >= 15 is 0 Å². The average Bonchev–Trinajstić information content (AvgIpc) is 2.41. The highest BCUT2D eigenvalue weighted by Gasteiger charge is 2.10. The highest BCUT2D eigenvalue weighted by molar-refractivity contribution is 14.1. The molecule has 2 aromatic rings. The maximum absolute atomic E-state index is 12.3. The number of nitrogens with one attached hydrogen (secondary N) is 1. The minimum atomic E-state index is -0.173. The molecule has 1 aromatic heterocycles. The number of halogens is 2. The Bertz CT molecular complexity index is 658. The minimum absolute atomic E-state index is 0.173. The van der Waals surface area contributed by atoms with Crippen molar-refractivity contribution in [1.82, 2.24) is 4.98 Å². The molecule has 0 aliphatic carbocycles. The summed E-state index contributed by atoms with van der Waals surface area (Å²) in [5.41, 5.74) is 3.17. The first-order chi connectivity index (χ1) is 9.49. The predicted molar refractivity (Wildman–Crippen MR) is 90.5 cm³/mol. The van der Waals surface area contributed by atoms with E-state index in [1.165, 1.54) is 0 Å². The van der Waals surface area contributed by atoms with Gasteiger partial charge in [0, 0.05) is 20.5 Å². The molecular weight excluding hydrogens is 387 g/mol. The van der Waals surface area contributed by atoms with Crippen LogP contribution in [-0.4, -0.2) is 10.9 Å². The number of carbonyl (C=O) groups excluding carboxylic acids is 1. The zero-order valence-electron chi connectivity index (χ0n) is 11.2. The van der Waals surface area contributed by atoms with Gasteiger partial charge in [0.25, 0.3) is 5.91 Å². The number of amides is 1. The molecule has 1 heterocycles. The van der Waals surface area contributed by atoms with Crippen LogP contribution in [0.1, 0.15) is 28.5 Å². The molecule has 0 radical (unpaired) electrons. The standard InChI is InChI=1S/C15H14ClIN2O/c1-3-12-7-10(8-14(16)18-12)15(20)19-13-5-4-11(17)6-9(13)2/h4-8H,3H2,1-2H3,(H,19,20). The molecule has 0 unspecified atom stereocenters. The summed E-state index contributed by atoms with van der Waals surface area (Å²) in [5.74, 6) is -0.173. The quantitative estimate of drug-likeness (QED) is 0.610. The van der Waals surface area contributed by atoms with Crippen molar-refractivity contribution in [2.45, 2.75) is 20.3 Å². The first-order valence-electron chi connectivity index (χ1n) is 6.23. The number of rotatable bonds is 3. The third-order valence-electron chi connectivity index (χ3n) is 2.91. The zero-order valence-corrected chi connectivity index (χ0v) is 14.1. The Labute approximate surface area is 136 Å². The topological polar surface area (TPSA) is 42.0 Å². The van der Waals surface area contributed by atoms with Crippen LogP contribution in [0.3, 0.4) is 0 Å². The fourth-order valence-corrected chi connectivity index (χ4v) is 2.70. The number of hydrogen-bond donors (Lipinski definition) is 1. The monoisotopic (exact) mass is 400 g/mol. The van der Waals surface area contributed by atoms with Gasteiger partial charge in [-0.1, -0.05) is 18.5 Å². The van der Waals surface area contributed by atoms with Crippen molar-refractivity contribution in [2.24, 2.45) is 0 Å². The third-order valence-corrected chi connectivity index (χ3v) is 3.77. The molecule has 3 nitrogen and oxygen atoms in total. The fraction of sp³-hybridized carbons (Fsp3) is 0.200. The lowest BCUT2D eigenvalue weighted by Crippen LogP contribution is -2.13. The number of aryl methyl sites for hydroxylation is 2. The van der Waals surface area contributed by atoms with Crippen molar-refractivity contribution in [1.29, 1.82) is 0 Å². The molecule has 0 aliphatic rings. The summed E-state index contributed by atoms with van der Waals surface area (Å²) in [6, 6.07) is 9.23. The smallest absolute Gasteiger partial charge is 0.255 e. The molecule has 0 bridgehead atoms. The van der Waals surface area contributed by atoms with Crippen molar-refractivity contribution in [2.75, 3.05) is 5.32 Å². The summed E-state index contributed by atoms with van der Waals surface area (Å²) in [6.45, 7) is 3.94. The van der Waals surface area contributed by atoms with E-state index in [1.807, 2.05) is 32.0 Å². The molecule has 2 rings (SSSR count). The molecule has 5 heteroatoms. The lowest BCUT2D eigenvalue weighted by molar-refractivity contribution is 0.102. The molecule has 0 atom stereocenters. The van der Waals surface area contributed by atoms with Gasteiger partial charge in [-0.2, -0.15) is 0 Å². The van der Waals surface area contributed by atoms with Crippen LogP contribution >= 0.6 is 34.2 Å². The van der Waals surface area contributed by atoms with E-state index in [0.29, 0.717) is 10.7 Å². The van der Waals surface area contributed by atoms with Gasteiger partial charge in [-0.25, -0.2) is 4.98 Å². The van der Waals surface area contributed by atoms with Crippen LogP contribution in [0.15, 0.2) is 30.3 Å². The Morgan fingerprint density at radius 2 is 2.10 bits per heavy atom. The van der Waals surface area contributed by atoms with E-state index in [1.54, 1.807) is 12.1 Å². The third kappa shape index (κ3) is 3.70. The van der Waals surface area contributed by atoms with E-state index in [9.17, 15) is 4.79 Å². The first kappa shape index (κ1) is 15.3. The van der Waals surface area contributed by atoms with Crippen LogP contribution in [0.5, 0.6) is 0 Å². The van der Waals surface area contributed by atoms with Crippen molar-refractivity contribution in [3.05, 3.63) is 55.9 Å². The van der Waals surface area contributed by atoms with Gasteiger partial charge in [0.2, 0.25) is 0 Å². The molecule has 20 heavy (non-hydrogen) atoms. The number of aromatic nitrogens is 1. The second-order valence-electron chi connectivity index (χ2n) is 4.44. The molecule has 0 spiro atoms. The van der Waals surface area contributed by atoms with Crippen molar-refractivity contribution in [3.8, 4) is 0 Å². The number of pyridine rings is 1. The average molecular weight is 401 g/mol. The van der Waals surface area contributed by atoms with Crippen LogP contribution in [0.4, 0.5) is 5.69 Å². The number of hydrogen-bond acceptors (Lipinski definition) is 2. The lowest BCUT2D eigenvalue weighted by atomic mass is 10.1. The number of nitrogens with zero attached hydrogens (tertiary/aromatic N) is 1. The molecule has 0 aliphatic heterocycles. The summed E-state index contributed by atoms with van der Waals surface area (Å²) in [4.78, 5) is 16.4. The molecule has 1 aromatic carbocycles. The molecule has 104 valence electrons. The van der Waals surface area contributed by atoms with Gasteiger partial charge >= 0.3 is 0 Å². The van der Waals surface area contributed by atoms with E-state index < -0.39 is 0 Å². The molecule has 0 saturated heterocycles. The normalized spacial score (nSPS) is 10.4. The van der Waals surface area contributed by atoms with Gasteiger partial charge < -0.3 is 5.32 Å². The SMILES string of the molecule is CCc1cc(C(=O)Nc2ccc(I)cc2C)cc(Cl)n1. The van der Waals surface area contributed by atoms with Crippen LogP contribution in [0.2, 0.25) is 5.15 Å². The van der Waals surface area contributed by atoms with E-state index in [2.05, 4.69) is 32.9 Å². The van der Waals surface area contributed by atoms with Crippen molar-refractivity contribution in [3.63, 3.8) is 0 Å². The van der Waals surface area contributed by atoms with Crippen molar-refractivity contribution >= 4 is 45.8 Å². The Hall–Kier alpha value is -1.14. The highest BCUT2D eigenvalue weighted by atomic mass is 127. The summed E-state index contributed by atoms with van der Waals surface area (Å²) < 4.78 is 1.14. The summed E-state index contributed by atoms with van der Waals surface area (Å²) >= 11 is 8.18. The second-order valence-corrected chi connectivity index (χ2v) is 6.07. The first-order valence-corrected chi connectivity index (χ1v) is 7.69. The fourth-order valence-electron chi connectivity index (χ4n) is 1.83. The van der Waals surface area contributed by atoms with Gasteiger partial charge in [-0.05, 0) is 71.8 Å². The van der Waals surface area contributed by atoms with Gasteiger partial charge in [0.15, 0.2) is 0 Å². The van der Waals surface area contributed by atoms with E-state index in [-0.39, 0.29) is 5.91 Å². The minimum Gasteiger partial charge on any atom is -0.322 e. The molecule has 0 fully saturated rings. The van der Waals surface area contributed by atoms with Gasteiger partial charge in [0.1, 0.15) is 5.15 Å². The summed E-state index contributed by atoms with van der Waals surface area (Å²) in [5, 5.41) is 3.25. The predicted octanol–water partition coefficient (Wildman–Crippen LogP) is 4.46. The largest absolute Gasteiger partial charge is 0.322 e. The van der Waals surface area contributed by atoms with Gasteiger partial charge in [0.05, 0.1) is 0 Å². The maximum atomic E-state index is 12.3. The van der Waals surface area contributed by atoms with E-state index in [4.69, 9.17) is 11.6 Å². The molecule has 0 saturated carbocycles. The van der Waals surface area contributed by atoms with Crippen molar-refractivity contribution < 1.29 is 4.79 Å². The maximum Gasteiger partial charge on any atom is 0.255 e. The lowest BCUT2D eigenvalue weighted by Gasteiger charge is -2.09. The Kier molecular flexibility index (Phi) is 4.99. The van der Waals surface area contributed by atoms with E-state index in [0.717, 1.165) is 26.9 Å². The number of anilines is 1. The number of benzene rings is 1. The van der Waals surface area contributed by atoms with Crippen LogP contribution in [0.25, 0.3) is 0 Å². The highest BCUT2D eigenvalue weighted by Crippen LogP contribution is 2.19. The molecule has 1 N–H and O–H groups in total.